The highest BCUT2D eigenvalue weighted by atomic mass is 19.1. The van der Waals surface area contributed by atoms with Gasteiger partial charge in [0.1, 0.15) is 17.7 Å². The van der Waals surface area contributed by atoms with Crippen LogP contribution in [-0.2, 0) is 4.74 Å². The van der Waals surface area contributed by atoms with E-state index in [-0.39, 0.29) is 23.8 Å². The molecule has 1 aliphatic heterocycles. The Morgan fingerprint density at radius 1 is 0.909 bits per heavy atom. The predicted molar refractivity (Wildman–Crippen MR) is 81.6 cm³/mol. The molecule has 0 radical (unpaired) electrons. The number of rotatable bonds is 4. The summed E-state index contributed by atoms with van der Waals surface area (Å²) in [6, 6.07) is 12.6. The van der Waals surface area contributed by atoms with E-state index in [2.05, 4.69) is 5.32 Å². The molecule has 1 fully saturated rings. The van der Waals surface area contributed by atoms with Gasteiger partial charge in [0.05, 0.1) is 6.10 Å². The molecule has 1 aliphatic rings. The Balaban J connectivity index is 1.86. The molecule has 22 heavy (non-hydrogen) atoms. The van der Waals surface area contributed by atoms with E-state index in [0.717, 1.165) is 37.1 Å². The zero-order chi connectivity index (χ0) is 15.4. The standard InChI is InChI=1S/C18H19F2NO/c19-15-7-3-13(4-8-15)18(14-5-9-16(20)10-6-14)22-17-2-1-11-21-12-17/h3-10,17-18,21H,1-2,11-12H2. The Bertz CT molecular complexity index is 546. The molecule has 1 N–H and O–H groups in total. The van der Waals surface area contributed by atoms with Crippen LogP contribution in [0.5, 0.6) is 0 Å². The number of hydrogen-bond acceptors (Lipinski definition) is 2. The lowest BCUT2D eigenvalue weighted by Crippen LogP contribution is -2.36. The first kappa shape index (κ1) is 15.1. The maximum absolute atomic E-state index is 13.2. The normalized spacial score (nSPS) is 18.6. The number of hydrogen-bond donors (Lipinski definition) is 1. The Labute approximate surface area is 129 Å². The number of benzene rings is 2. The first-order valence-corrected chi connectivity index (χ1v) is 7.59. The number of nitrogens with one attached hydrogen (secondary N) is 1. The Kier molecular flexibility index (Phi) is 4.80. The molecule has 3 rings (SSSR count). The van der Waals surface area contributed by atoms with Gasteiger partial charge in [-0.1, -0.05) is 24.3 Å². The van der Waals surface area contributed by atoms with Gasteiger partial charge in [0.15, 0.2) is 0 Å². The van der Waals surface area contributed by atoms with Crippen molar-refractivity contribution in [1.82, 2.24) is 5.32 Å². The van der Waals surface area contributed by atoms with Gasteiger partial charge in [0.2, 0.25) is 0 Å². The fourth-order valence-electron chi connectivity index (χ4n) is 2.75. The van der Waals surface area contributed by atoms with Crippen molar-refractivity contribution in [2.45, 2.75) is 25.0 Å². The summed E-state index contributed by atoms with van der Waals surface area (Å²) in [5.41, 5.74) is 1.75. The highest BCUT2D eigenvalue weighted by molar-refractivity contribution is 5.30. The van der Waals surface area contributed by atoms with Crippen LogP contribution in [0.15, 0.2) is 48.5 Å². The van der Waals surface area contributed by atoms with Crippen LogP contribution in [0, 0.1) is 11.6 Å². The van der Waals surface area contributed by atoms with Crippen LogP contribution in [0.25, 0.3) is 0 Å². The van der Waals surface area contributed by atoms with Gasteiger partial charge < -0.3 is 10.1 Å². The van der Waals surface area contributed by atoms with Gasteiger partial charge in [-0.05, 0) is 54.8 Å². The quantitative estimate of drug-likeness (QED) is 0.927. The van der Waals surface area contributed by atoms with E-state index >= 15 is 0 Å². The van der Waals surface area contributed by atoms with E-state index in [0.29, 0.717) is 0 Å². The average molecular weight is 303 g/mol. The predicted octanol–water partition coefficient (Wildman–Crippen LogP) is 3.82. The van der Waals surface area contributed by atoms with Crippen molar-refractivity contribution in [2.75, 3.05) is 13.1 Å². The average Bonchev–Trinajstić information content (AvgIpc) is 2.56. The third-order valence-electron chi connectivity index (χ3n) is 3.93. The van der Waals surface area contributed by atoms with Crippen molar-refractivity contribution in [1.29, 1.82) is 0 Å². The Hall–Kier alpha value is -1.78. The SMILES string of the molecule is Fc1ccc(C(OC2CCCNC2)c2ccc(F)cc2)cc1. The van der Waals surface area contributed by atoms with E-state index in [1.807, 2.05) is 0 Å². The number of piperidine rings is 1. The van der Waals surface area contributed by atoms with Crippen LogP contribution in [0.4, 0.5) is 8.78 Å². The number of ether oxygens (including phenoxy) is 1. The van der Waals surface area contributed by atoms with Crippen LogP contribution < -0.4 is 5.32 Å². The summed E-state index contributed by atoms with van der Waals surface area (Å²) < 4.78 is 32.6. The summed E-state index contributed by atoms with van der Waals surface area (Å²) in [6.45, 7) is 1.82. The molecule has 1 saturated heterocycles. The minimum absolute atomic E-state index is 0.105. The minimum Gasteiger partial charge on any atom is -0.364 e. The van der Waals surface area contributed by atoms with Crippen molar-refractivity contribution < 1.29 is 13.5 Å². The van der Waals surface area contributed by atoms with Gasteiger partial charge in [-0.15, -0.1) is 0 Å². The smallest absolute Gasteiger partial charge is 0.123 e. The lowest BCUT2D eigenvalue weighted by molar-refractivity contribution is -0.00432. The first-order chi connectivity index (χ1) is 10.7. The van der Waals surface area contributed by atoms with E-state index in [1.165, 1.54) is 24.3 Å². The molecule has 1 heterocycles. The van der Waals surface area contributed by atoms with Crippen molar-refractivity contribution in [3.8, 4) is 0 Å². The molecule has 0 spiro atoms. The van der Waals surface area contributed by atoms with E-state index < -0.39 is 0 Å². The summed E-state index contributed by atoms with van der Waals surface area (Å²) in [4.78, 5) is 0. The topological polar surface area (TPSA) is 21.3 Å². The van der Waals surface area contributed by atoms with E-state index in [1.54, 1.807) is 24.3 Å². The zero-order valence-electron chi connectivity index (χ0n) is 12.3. The van der Waals surface area contributed by atoms with Gasteiger partial charge in [0, 0.05) is 6.54 Å². The first-order valence-electron chi connectivity index (χ1n) is 7.59. The Morgan fingerprint density at radius 3 is 1.91 bits per heavy atom. The highest BCUT2D eigenvalue weighted by Gasteiger charge is 2.22. The largest absolute Gasteiger partial charge is 0.364 e. The lowest BCUT2D eigenvalue weighted by Gasteiger charge is -2.28. The van der Waals surface area contributed by atoms with Crippen LogP contribution >= 0.6 is 0 Å². The van der Waals surface area contributed by atoms with Crippen LogP contribution in [0.1, 0.15) is 30.1 Å². The molecule has 0 saturated carbocycles. The van der Waals surface area contributed by atoms with Crippen molar-refractivity contribution in [3.63, 3.8) is 0 Å². The van der Waals surface area contributed by atoms with Crippen LogP contribution in [0.2, 0.25) is 0 Å². The summed E-state index contributed by atoms with van der Waals surface area (Å²) >= 11 is 0. The lowest BCUT2D eigenvalue weighted by atomic mass is 10.0. The van der Waals surface area contributed by atoms with E-state index in [9.17, 15) is 8.78 Å². The third kappa shape index (κ3) is 3.70. The molecule has 0 bridgehead atoms. The molecule has 4 heteroatoms. The number of halogens is 2. The van der Waals surface area contributed by atoms with E-state index in [4.69, 9.17) is 4.74 Å². The van der Waals surface area contributed by atoms with Gasteiger partial charge in [-0.2, -0.15) is 0 Å². The van der Waals surface area contributed by atoms with Crippen molar-refractivity contribution >= 4 is 0 Å². The van der Waals surface area contributed by atoms with Crippen molar-refractivity contribution in [3.05, 3.63) is 71.3 Å². The summed E-state index contributed by atoms with van der Waals surface area (Å²) in [5, 5.41) is 3.32. The van der Waals surface area contributed by atoms with Crippen molar-refractivity contribution in [2.24, 2.45) is 0 Å². The molecule has 1 atom stereocenters. The summed E-state index contributed by atoms with van der Waals surface area (Å²) in [6.07, 6.45) is 1.86. The summed E-state index contributed by atoms with van der Waals surface area (Å²) in [5.74, 6) is -0.554. The second-order valence-electron chi connectivity index (χ2n) is 5.59. The monoisotopic (exact) mass is 303 g/mol. The molecule has 0 aromatic heterocycles. The maximum Gasteiger partial charge on any atom is 0.123 e. The maximum atomic E-state index is 13.2. The molecular weight excluding hydrogens is 284 g/mol. The third-order valence-corrected chi connectivity index (χ3v) is 3.93. The molecule has 116 valence electrons. The molecule has 2 aromatic carbocycles. The zero-order valence-corrected chi connectivity index (χ0v) is 12.3. The molecule has 0 aliphatic carbocycles. The molecule has 2 nitrogen and oxygen atoms in total. The van der Waals surface area contributed by atoms with Gasteiger partial charge in [0.25, 0.3) is 0 Å². The van der Waals surface area contributed by atoms with Gasteiger partial charge in [-0.3, -0.25) is 0 Å². The summed E-state index contributed by atoms with van der Waals surface area (Å²) in [7, 11) is 0. The van der Waals surface area contributed by atoms with Gasteiger partial charge in [-0.25, -0.2) is 8.78 Å². The van der Waals surface area contributed by atoms with Crippen LogP contribution in [0.3, 0.4) is 0 Å². The van der Waals surface area contributed by atoms with Crippen LogP contribution in [-0.4, -0.2) is 19.2 Å². The fraction of sp³-hybridized carbons (Fsp3) is 0.333. The second kappa shape index (κ2) is 6.99. The minimum atomic E-state index is -0.314. The molecular formula is C18H19F2NO. The Morgan fingerprint density at radius 2 is 1.45 bits per heavy atom. The molecule has 1 unspecified atom stereocenters. The highest BCUT2D eigenvalue weighted by Crippen LogP contribution is 2.29. The molecule has 0 amide bonds. The van der Waals surface area contributed by atoms with Gasteiger partial charge >= 0.3 is 0 Å². The molecule has 2 aromatic rings. The second-order valence-corrected chi connectivity index (χ2v) is 5.59. The fourth-order valence-corrected chi connectivity index (χ4v) is 2.75.